The van der Waals surface area contributed by atoms with Gasteiger partial charge in [-0.05, 0) is 46.5 Å². The van der Waals surface area contributed by atoms with E-state index in [4.69, 9.17) is 10.00 Å². The average molecular weight is 413 g/mol. The third-order valence-electron chi connectivity index (χ3n) is 6.32. The summed E-state index contributed by atoms with van der Waals surface area (Å²) in [7, 11) is 0. The smallest absolute Gasteiger partial charge is 0.253 e. The summed E-state index contributed by atoms with van der Waals surface area (Å²) in [5.74, 6) is 0.0443. The fraction of sp³-hybridized carbons (Fsp3) is 0.320. The molecule has 1 unspecified atom stereocenters. The molecule has 5 rings (SSSR count). The van der Waals surface area contributed by atoms with Gasteiger partial charge in [-0.25, -0.2) is 0 Å². The lowest BCUT2D eigenvalue weighted by molar-refractivity contribution is -0.157. The summed E-state index contributed by atoms with van der Waals surface area (Å²) >= 11 is 0. The van der Waals surface area contributed by atoms with Gasteiger partial charge in [-0.1, -0.05) is 24.3 Å². The lowest BCUT2D eigenvalue weighted by Crippen LogP contribution is -2.54. The molecule has 31 heavy (non-hydrogen) atoms. The summed E-state index contributed by atoms with van der Waals surface area (Å²) in [4.78, 5) is 28.8. The van der Waals surface area contributed by atoms with Gasteiger partial charge < -0.3 is 14.5 Å². The zero-order chi connectivity index (χ0) is 21.4. The van der Waals surface area contributed by atoms with Crippen LogP contribution in [-0.2, 0) is 16.0 Å². The second-order valence-corrected chi connectivity index (χ2v) is 8.21. The van der Waals surface area contributed by atoms with Crippen molar-refractivity contribution in [3.05, 3.63) is 64.7 Å². The van der Waals surface area contributed by atoms with Gasteiger partial charge in [0, 0.05) is 50.2 Å². The molecule has 2 amide bonds. The fourth-order valence-corrected chi connectivity index (χ4v) is 4.34. The Balaban J connectivity index is 1.24. The first-order valence-electron chi connectivity index (χ1n) is 10.7. The van der Waals surface area contributed by atoms with Crippen LogP contribution in [0.5, 0.6) is 0 Å². The highest BCUT2D eigenvalue weighted by Crippen LogP contribution is 2.30. The van der Waals surface area contributed by atoms with Crippen LogP contribution in [-0.4, -0.2) is 60.5 Å². The molecule has 0 saturated carbocycles. The summed E-state index contributed by atoms with van der Waals surface area (Å²) in [5.41, 5.74) is 5.81. The zero-order valence-electron chi connectivity index (χ0n) is 17.2. The lowest BCUT2D eigenvalue weighted by Gasteiger charge is -2.38. The maximum Gasteiger partial charge on any atom is 0.253 e. The standard InChI is InChI=1S/C25H23N3O3/c26-16-17-13-20-5-6-21(15-22(20)14-17)18-1-3-19(4-2-18)24(29)27-8-10-28(11-9-27)25(30)23-7-12-31-23/h1-6,14-15,23H,7-13H2. The second kappa shape index (κ2) is 8.01. The Kier molecular flexibility index (Phi) is 5.05. The molecule has 6 nitrogen and oxygen atoms in total. The molecule has 1 aliphatic carbocycles. The Bertz CT molecular complexity index is 1100. The first-order chi connectivity index (χ1) is 15.1. The number of amides is 2. The minimum absolute atomic E-state index is 0.00547. The highest BCUT2D eigenvalue weighted by atomic mass is 16.5. The van der Waals surface area contributed by atoms with Crippen LogP contribution in [0.4, 0.5) is 0 Å². The van der Waals surface area contributed by atoms with Gasteiger partial charge in [0.15, 0.2) is 0 Å². The predicted octanol–water partition coefficient (Wildman–Crippen LogP) is 2.89. The first-order valence-corrected chi connectivity index (χ1v) is 10.7. The molecule has 1 atom stereocenters. The first kappa shape index (κ1) is 19.5. The van der Waals surface area contributed by atoms with Crippen LogP contribution in [0.2, 0.25) is 0 Å². The predicted molar refractivity (Wildman–Crippen MR) is 116 cm³/mol. The quantitative estimate of drug-likeness (QED) is 0.776. The fourth-order valence-electron chi connectivity index (χ4n) is 4.34. The van der Waals surface area contributed by atoms with E-state index in [1.165, 1.54) is 5.56 Å². The molecule has 0 bridgehead atoms. The Labute approximate surface area is 181 Å². The van der Waals surface area contributed by atoms with E-state index in [1.807, 2.05) is 35.2 Å². The van der Waals surface area contributed by atoms with E-state index in [0.717, 1.165) is 28.7 Å². The molecule has 2 heterocycles. The van der Waals surface area contributed by atoms with Crippen molar-refractivity contribution < 1.29 is 14.3 Å². The number of fused-ring (bicyclic) bond motifs is 1. The second-order valence-electron chi connectivity index (χ2n) is 8.21. The van der Waals surface area contributed by atoms with E-state index in [1.54, 1.807) is 4.90 Å². The van der Waals surface area contributed by atoms with Crippen molar-refractivity contribution in [1.29, 1.82) is 5.26 Å². The molecule has 0 aromatic heterocycles. The summed E-state index contributed by atoms with van der Waals surface area (Å²) in [5, 5.41) is 9.12. The summed E-state index contributed by atoms with van der Waals surface area (Å²) in [6.07, 6.45) is 3.16. The van der Waals surface area contributed by atoms with Gasteiger partial charge in [-0.15, -0.1) is 0 Å². The number of nitriles is 1. The van der Waals surface area contributed by atoms with E-state index in [9.17, 15) is 9.59 Å². The van der Waals surface area contributed by atoms with Crippen molar-refractivity contribution in [3.8, 4) is 17.2 Å². The van der Waals surface area contributed by atoms with Gasteiger partial charge >= 0.3 is 0 Å². The van der Waals surface area contributed by atoms with Crippen LogP contribution in [0.3, 0.4) is 0 Å². The number of carbonyl (C=O) groups excluding carboxylic acids is 2. The number of rotatable bonds is 3. The van der Waals surface area contributed by atoms with Crippen LogP contribution in [0.1, 0.15) is 27.9 Å². The van der Waals surface area contributed by atoms with Crippen molar-refractivity contribution in [1.82, 2.24) is 9.80 Å². The van der Waals surface area contributed by atoms with Crippen LogP contribution in [0.25, 0.3) is 17.2 Å². The minimum Gasteiger partial charge on any atom is -0.368 e. The molecule has 2 fully saturated rings. The molecule has 2 aliphatic heterocycles. The van der Waals surface area contributed by atoms with Crippen LogP contribution in [0, 0.1) is 11.3 Å². The third kappa shape index (κ3) is 3.73. The number of hydrogen-bond acceptors (Lipinski definition) is 4. The molecule has 2 saturated heterocycles. The minimum atomic E-state index is -0.281. The van der Waals surface area contributed by atoms with Crippen molar-refractivity contribution >= 4 is 17.9 Å². The topological polar surface area (TPSA) is 73.6 Å². The average Bonchev–Trinajstić information content (AvgIpc) is 3.20. The third-order valence-corrected chi connectivity index (χ3v) is 6.32. The monoisotopic (exact) mass is 413 g/mol. The Hall–Kier alpha value is -3.43. The highest BCUT2D eigenvalue weighted by molar-refractivity contribution is 5.95. The normalized spacial score (nSPS) is 19.8. The number of allylic oxidation sites excluding steroid dienone is 1. The number of carbonyl (C=O) groups is 2. The number of hydrogen-bond donors (Lipinski definition) is 0. The van der Waals surface area contributed by atoms with Crippen LogP contribution < -0.4 is 0 Å². The molecule has 0 N–H and O–H groups in total. The van der Waals surface area contributed by atoms with E-state index >= 15 is 0 Å². The van der Waals surface area contributed by atoms with Gasteiger partial charge in [0.2, 0.25) is 0 Å². The van der Waals surface area contributed by atoms with E-state index in [0.29, 0.717) is 44.8 Å². The molecule has 6 heteroatoms. The van der Waals surface area contributed by atoms with Gasteiger partial charge in [0.25, 0.3) is 11.8 Å². The zero-order valence-corrected chi connectivity index (χ0v) is 17.2. The Morgan fingerprint density at radius 1 is 0.968 bits per heavy atom. The summed E-state index contributed by atoms with van der Waals surface area (Å²) in [6.45, 7) is 2.84. The van der Waals surface area contributed by atoms with E-state index in [2.05, 4.69) is 24.3 Å². The van der Waals surface area contributed by atoms with E-state index in [-0.39, 0.29) is 17.9 Å². The van der Waals surface area contributed by atoms with Crippen LogP contribution in [0.15, 0.2) is 48.0 Å². The number of nitrogens with zero attached hydrogens (tertiary/aromatic N) is 3. The summed E-state index contributed by atoms with van der Waals surface area (Å²) in [6, 6.07) is 16.1. The molecule has 0 spiro atoms. The van der Waals surface area contributed by atoms with Crippen molar-refractivity contribution in [2.45, 2.75) is 18.9 Å². The Morgan fingerprint density at radius 3 is 2.29 bits per heavy atom. The lowest BCUT2D eigenvalue weighted by atomic mass is 9.99. The van der Waals surface area contributed by atoms with Gasteiger partial charge in [-0.3, -0.25) is 9.59 Å². The van der Waals surface area contributed by atoms with Crippen molar-refractivity contribution in [3.63, 3.8) is 0 Å². The van der Waals surface area contributed by atoms with Gasteiger partial charge in [0.05, 0.1) is 12.7 Å². The maximum absolute atomic E-state index is 12.9. The highest BCUT2D eigenvalue weighted by Gasteiger charge is 2.33. The van der Waals surface area contributed by atoms with Crippen molar-refractivity contribution in [2.24, 2.45) is 0 Å². The molecule has 2 aromatic rings. The molecule has 2 aromatic carbocycles. The molecular weight excluding hydrogens is 390 g/mol. The number of benzene rings is 2. The maximum atomic E-state index is 12.9. The van der Waals surface area contributed by atoms with Crippen molar-refractivity contribution in [2.75, 3.05) is 32.8 Å². The molecular formula is C25H23N3O3. The molecule has 156 valence electrons. The van der Waals surface area contributed by atoms with Gasteiger partial charge in [-0.2, -0.15) is 5.26 Å². The number of piperazine rings is 1. The summed E-state index contributed by atoms with van der Waals surface area (Å²) < 4.78 is 5.28. The van der Waals surface area contributed by atoms with Crippen LogP contribution >= 0.6 is 0 Å². The number of ether oxygens (including phenoxy) is 1. The molecule has 3 aliphatic rings. The SMILES string of the molecule is N#CC1=Cc2cc(-c3ccc(C(=O)N4CCN(C(=O)C5CCO5)CC4)cc3)ccc2C1. The molecule has 0 radical (unpaired) electrons. The largest absolute Gasteiger partial charge is 0.368 e. The van der Waals surface area contributed by atoms with E-state index < -0.39 is 0 Å². The van der Waals surface area contributed by atoms with Gasteiger partial charge in [0.1, 0.15) is 6.10 Å². The Morgan fingerprint density at radius 2 is 1.65 bits per heavy atom.